The van der Waals surface area contributed by atoms with Crippen molar-refractivity contribution in [2.75, 3.05) is 0 Å². The standard InChI is InChI=1S/C14H10BrNO4/c15-11-6-4-10(5-7-11)8-14(17)20-13-3-1-2-12(9-13)16(18)19/h1-7,9H,8H2. The lowest BCUT2D eigenvalue weighted by Gasteiger charge is -2.04. The molecule has 0 atom stereocenters. The minimum atomic E-state index is -0.536. The van der Waals surface area contributed by atoms with Gasteiger partial charge in [-0.3, -0.25) is 14.9 Å². The van der Waals surface area contributed by atoms with Gasteiger partial charge in [0.05, 0.1) is 17.4 Å². The number of carbonyl (C=O) groups is 1. The van der Waals surface area contributed by atoms with Crippen LogP contribution in [0.1, 0.15) is 5.56 Å². The van der Waals surface area contributed by atoms with Crippen molar-refractivity contribution < 1.29 is 14.5 Å². The zero-order valence-corrected chi connectivity index (χ0v) is 11.9. The Hall–Kier alpha value is -2.21. The molecule has 0 aliphatic carbocycles. The second-order valence-electron chi connectivity index (χ2n) is 4.03. The van der Waals surface area contributed by atoms with Crippen molar-refractivity contribution in [3.05, 3.63) is 68.7 Å². The Labute approximate surface area is 123 Å². The van der Waals surface area contributed by atoms with Crippen molar-refractivity contribution in [1.82, 2.24) is 0 Å². The van der Waals surface area contributed by atoms with Crippen molar-refractivity contribution in [2.24, 2.45) is 0 Å². The van der Waals surface area contributed by atoms with Crippen molar-refractivity contribution in [3.63, 3.8) is 0 Å². The largest absolute Gasteiger partial charge is 0.426 e. The van der Waals surface area contributed by atoms with E-state index in [-0.39, 0.29) is 17.9 Å². The van der Waals surface area contributed by atoms with E-state index in [4.69, 9.17) is 4.74 Å². The third-order valence-corrected chi connectivity index (χ3v) is 3.05. The maximum atomic E-state index is 11.7. The van der Waals surface area contributed by atoms with Gasteiger partial charge in [0.15, 0.2) is 0 Å². The molecule has 0 aromatic heterocycles. The van der Waals surface area contributed by atoms with Crippen LogP contribution in [-0.2, 0) is 11.2 Å². The van der Waals surface area contributed by atoms with Crippen LogP contribution in [0.25, 0.3) is 0 Å². The lowest BCUT2D eigenvalue weighted by atomic mass is 10.1. The van der Waals surface area contributed by atoms with Crippen LogP contribution in [0.4, 0.5) is 5.69 Å². The molecule has 0 fully saturated rings. The molecule has 0 aliphatic heterocycles. The summed E-state index contributed by atoms with van der Waals surface area (Å²) in [6.07, 6.45) is 0.107. The molecule has 102 valence electrons. The number of ether oxygens (including phenoxy) is 1. The smallest absolute Gasteiger partial charge is 0.315 e. The topological polar surface area (TPSA) is 69.4 Å². The van der Waals surface area contributed by atoms with E-state index in [0.717, 1.165) is 10.0 Å². The summed E-state index contributed by atoms with van der Waals surface area (Å²) in [5.74, 6) is -0.297. The monoisotopic (exact) mass is 335 g/mol. The van der Waals surface area contributed by atoms with Crippen LogP contribution in [0.15, 0.2) is 53.0 Å². The van der Waals surface area contributed by atoms with E-state index in [9.17, 15) is 14.9 Å². The number of rotatable bonds is 4. The van der Waals surface area contributed by atoms with E-state index in [1.807, 2.05) is 12.1 Å². The summed E-state index contributed by atoms with van der Waals surface area (Å²) in [5.41, 5.74) is 0.697. The average molecular weight is 336 g/mol. The van der Waals surface area contributed by atoms with Crippen LogP contribution < -0.4 is 4.74 Å². The fraction of sp³-hybridized carbons (Fsp3) is 0.0714. The fourth-order valence-corrected chi connectivity index (χ4v) is 1.86. The van der Waals surface area contributed by atoms with Gasteiger partial charge >= 0.3 is 5.97 Å². The number of hydrogen-bond acceptors (Lipinski definition) is 4. The van der Waals surface area contributed by atoms with E-state index in [1.54, 1.807) is 12.1 Å². The maximum Gasteiger partial charge on any atom is 0.315 e. The van der Waals surface area contributed by atoms with Crippen molar-refractivity contribution in [1.29, 1.82) is 0 Å². The predicted molar refractivity (Wildman–Crippen MR) is 76.6 cm³/mol. The zero-order chi connectivity index (χ0) is 14.5. The van der Waals surface area contributed by atoms with Crippen LogP contribution in [0.2, 0.25) is 0 Å². The molecule has 0 spiro atoms. The average Bonchev–Trinajstić information content (AvgIpc) is 2.41. The van der Waals surface area contributed by atoms with Gasteiger partial charge in [-0.05, 0) is 23.8 Å². The Morgan fingerprint density at radius 1 is 1.20 bits per heavy atom. The molecule has 2 aromatic rings. The van der Waals surface area contributed by atoms with Gasteiger partial charge in [-0.15, -0.1) is 0 Å². The summed E-state index contributed by atoms with van der Waals surface area (Å²) in [6.45, 7) is 0. The summed E-state index contributed by atoms with van der Waals surface area (Å²) < 4.78 is 6.01. The first kappa shape index (κ1) is 14.2. The van der Waals surface area contributed by atoms with Gasteiger partial charge in [0.25, 0.3) is 5.69 Å². The molecule has 0 radical (unpaired) electrons. The highest BCUT2D eigenvalue weighted by Crippen LogP contribution is 2.19. The van der Waals surface area contributed by atoms with Crippen molar-refractivity contribution in [3.8, 4) is 5.75 Å². The highest BCUT2D eigenvalue weighted by atomic mass is 79.9. The molecule has 0 saturated heterocycles. The molecule has 5 nitrogen and oxygen atoms in total. The Bertz CT molecular complexity index is 640. The first-order valence-electron chi connectivity index (χ1n) is 5.74. The number of nitro benzene ring substituents is 1. The highest BCUT2D eigenvalue weighted by molar-refractivity contribution is 9.10. The van der Waals surface area contributed by atoms with Gasteiger partial charge in [0.1, 0.15) is 5.75 Å². The Balaban J connectivity index is 2.02. The van der Waals surface area contributed by atoms with Crippen molar-refractivity contribution >= 4 is 27.6 Å². The number of benzene rings is 2. The normalized spacial score (nSPS) is 10.1. The van der Waals surface area contributed by atoms with Crippen LogP contribution in [0, 0.1) is 10.1 Å². The van der Waals surface area contributed by atoms with Gasteiger partial charge in [0, 0.05) is 10.5 Å². The number of hydrogen-bond donors (Lipinski definition) is 0. The second-order valence-corrected chi connectivity index (χ2v) is 4.95. The predicted octanol–water partition coefficient (Wildman–Crippen LogP) is 3.51. The Morgan fingerprint density at radius 2 is 1.90 bits per heavy atom. The number of esters is 1. The van der Waals surface area contributed by atoms with Crippen molar-refractivity contribution in [2.45, 2.75) is 6.42 Å². The molecule has 0 bridgehead atoms. The molecule has 0 saturated carbocycles. The molecule has 0 aliphatic rings. The summed E-state index contributed by atoms with van der Waals surface area (Å²) in [5, 5.41) is 10.6. The highest BCUT2D eigenvalue weighted by Gasteiger charge is 2.10. The molecular weight excluding hydrogens is 326 g/mol. The number of nitro groups is 1. The molecule has 0 N–H and O–H groups in total. The molecule has 0 unspecified atom stereocenters. The maximum absolute atomic E-state index is 11.7. The molecule has 0 heterocycles. The van der Waals surface area contributed by atoms with Crippen LogP contribution in [0.5, 0.6) is 5.75 Å². The van der Waals surface area contributed by atoms with E-state index in [0.29, 0.717) is 0 Å². The number of halogens is 1. The van der Waals surface area contributed by atoms with Gasteiger partial charge in [0.2, 0.25) is 0 Å². The van der Waals surface area contributed by atoms with Crippen LogP contribution >= 0.6 is 15.9 Å². The van der Waals surface area contributed by atoms with E-state index in [2.05, 4.69) is 15.9 Å². The lowest BCUT2D eigenvalue weighted by molar-refractivity contribution is -0.384. The molecule has 6 heteroatoms. The summed E-state index contributed by atoms with van der Waals surface area (Å²) in [7, 11) is 0. The zero-order valence-electron chi connectivity index (χ0n) is 10.3. The van der Waals surface area contributed by atoms with E-state index < -0.39 is 10.9 Å². The second kappa shape index (κ2) is 6.29. The number of non-ortho nitro benzene ring substituents is 1. The molecule has 2 rings (SSSR count). The first-order chi connectivity index (χ1) is 9.54. The number of carbonyl (C=O) groups excluding carboxylic acids is 1. The number of nitrogens with zero attached hydrogens (tertiary/aromatic N) is 1. The minimum absolute atomic E-state index is 0.107. The first-order valence-corrected chi connectivity index (χ1v) is 6.53. The summed E-state index contributed by atoms with van der Waals surface area (Å²) >= 11 is 3.31. The third-order valence-electron chi connectivity index (χ3n) is 2.52. The van der Waals surface area contributed by atoms with E-state index in [1.165, 1.54) is 24.3 Å². The third kappa shape index (κ3) is 3.89. The van der Waals surface area contributed by atoms with Crippen LogP contribution in [0.3, 0.4) is 0 Å². The summed E-state index contributed by atoms with van der Waals surface area (Å²) in [4.78, 5) is 21.8. The molecule has 20 heavy (non-hydrogen) atoms. The van der Waals surface area contributed by atoms with Crippen LogP contribution in [-0.4, -0.2) is 10.9 Å². The Kier molecular flexibility index (Phi) is 4.47. The van der Waals surface area contributed by atoms with Gasteiger partial charge < -0.3 is 4.74 Å². The fourth-order valence-electron chi connectivity index (χ4n) is 1.60. The SMILES string of the molecule is O=C(Cc1ccc(Br)cc1)Oc1cccc([N+](=O)[O-])c1. The molecular formula is C14H10BrNO4. The lowest BCUT2D eigenvalue weighted by Crippen LogP contribution is -2.11. The van der Waals surface area contributed by atoms with Gasteiger partial charge in [-0.1, -0.05) is 34.1 Å². The molecule has 2 aromatic carbocycles. The summed E-state index contributed by atoms with van der Waals surface area (Å²) in [6, 6.07) is 12.8. The van der Waals surface area contributed by atoms with Gasteiger partial charge in [-0.25, -0.2) is 0 Å². The van der Waals surface area contributed by atoms with Gasteiger partial charge in [-0.2, -0.15) is 0 Å². The Morgan fingerprint density at radius 3 is 2.55 bits per heavy atom. The quantitative estimate of drug-likeness (QED) is 0.371. The minimum Gasteiger partial charge on any atom is -0.426 e. The van der Waals surface area contributed by atoms with E-state index >= 15 is 0 Å². The molecule has 0 amide bonds.